The highest BCUT2D eigenvalue weighted by molar-refractivity contribution is 6.30. The van der Waals surface area contributed by atoms with E-state index in [1.165, 1.54) is 19.3 Å². The molecule has 0 aliphatic rings. The van der Waals surface area contributed by atoms with Gasteiger partial charge >= 0.3 is 0 Å². The number of hydrogen-bond acceptors (Lipinski definition) is 2. The van der Waals surface area contributed by atoms with Gasteiger partial charge in [-0.1, -0.05) is 44.7 Å². The maximum absolute atomic E-state index is 9.02. The van der Waals surface area contributed by atoms with Crippen molar-refractivity contribution >= 4 is 11.6 Å². The van der Waals surface area contributed by atoms with Crippen LogP contribution in [0.1, 0.15) is 45.1 Å². The van der Waals surface area contributed by atoms with Crippen LogP contribution in [0.2, 0.25) is 5.02 Å². The summed E-state index contributed by atoms with van der Waals surface area (Å²) in [6.45, 7) is 5.05. The van der Waals surface area contributed by atoms with E-state index in [0.29, 0.717) is 28.9 Å². The number of unbranched alkanes of at least 4 members (excludes halogenated alkanes) is 1. The molecule has 0 saturated carbocycles. The number of nitriles is 1. The number of hydrogen-bond donors (Lipinski definition) is 0. The molecule has 1 rings (SSSR count). The summed E-state index contributed by atoms with van der Waals surface area (Å²) >= 11 is 5.85. The number of halogens is 1. The number of ether oxygens (including phenoxy) is 1. The molecule has 0 aliphatic carbocycles. The molecule has 0 saturated heterocycles. The summed E-state index contributed by atoms with van der Waals surface area (Å²) in [6.07, 6.45) is 4.73. The van der Waals surface area contributed by atoms with Crippen molar-refractivity contribution in [2.24, 2.45) is 5.92 Å². The lowest BCUT2D eigenvalue weighted by atomic mass is 10.0. The fraction of sp³-hybridized carbons (Fsp3) is 0.533. The van der Waals surface area contributed by atoms with Gasteiger partial charge in [0.15, 0.2) is 0 Å². The zero-order valence-corrected chi connectivity index (χ0v) is 11.8. The van der Waals surface area contributed by atoms with E-state index in [9.17, 15) is 0 Å². The third kappa shape index (κ3) is 4.58. The predicted molar refractivity (Wildman–Crippen MR) is 75.0 cm³/mol. The third-order valence-electron chi connectivity index (χ3n) is 3.08. The molecule has 0 aromatic heterocycles. The first-order valence-electron chi connectivity index (χ1n) is 6.53. The molecule has 0 spiro atoms. The topological polar surface area (TPSA) is 33.0 Å². The largest absolute Gasteiger partial charge is 0.492 e. The van der Waals surface area contributed by atoms with E-state index in [1.54, 1.807) is 18.2 Å². The Morgan fingerprint density at radius 3 is 2.78 bits per heavy atom. The summed E-state index contributed by atoms with van der Waals surface area (Å²) in [5.41, 5.74) is 0.507. The van der Waals surface area contributed by atoms with Gasteiger partial charge in [-0.15, -0.1) is 0 Å². The Balaban J connectivity index is 2.59. The monoisotopic (exact) mass is 265 g/mol. The molecule has 3 heteroatoms. The summed E-state index contributed by atoms with van der Waals surface area (Å²) in [5.74, 6) is 1.20. The maximum atomic E-state index is 9.02. The molecule has 0 bridgehead atoms. The minimum atomic E-state index is 0.507. The molecule has 0 radical (unpaired) electrons. The molecule has 0 aliphatic heterocycles. The average Bonchev–Trinajstić information content (AvgIpc) is 2.40. The fourth-order valence-corrected chi connectivity index (χ4v) is 1.99. The molecule has 18 heavy (non-hydrogen) atoms. The second-order valence-electron chi connectivity index (χ2n) is 4.48. The number of rotatable bonds is 7. The summed E-state index contributed by atoms with van der Waals surface area (Å²) in [6, 6.07) is 7.28. The second-order valence-corrected chi connectivity index (χ2v) is 4.92. The van der Waals surface area contributed by atoms with Gasteiger partial charge in [0.05, 0.1) is 12.2 Å². The molecule has 1 aromatic carbocycles. The quantitative estimate of drug-likeness (QED) is 0.709. The van der Waals surface area contributed by atoms with Crippen LogP contribution >= 0.6 is 11.6 Å². The van der Waals surface area contributed by atoms with Crippen LogP contribution in [0.3, 0.4) is 0 Å². The normalized spacial score (nSPS) is 11.9. The van der Waals surface area contributed by atoms with E-state index in [1.807, 2.05) is 0 Å². The summed E-state index contributed by atoms with van der Waals surface area (Å²) in [5, 5.41) is 9.58. The van der Waals surface area contributed by atoms with Crippen molar-refractivity contribution in [3.05, 3.63) is 28.8 Å². The molecular weight excluding hydrogens is 246 g/mol. The van der Waals surface area contributed by atoms with Gasteiger partial charge in [0.2, 0.25) is 0 Å². The fourth-order valence-electron chi connectivity index (χ4n) is 1.82. The molecule has 0 fully saturated rings. The van der Waals surface area contributed by atoms with E-state index in [4.69, 9.17) is 21.6 Å². The van der Waals surface area contributed by atoms with Crippen molar-refractivity contribution in [1.82, 2.24) is 0 Å². The lowest BCUT2D eigenvalue weighted by Crippen LogP contribution is -2.11. The van der Waals surface area contributed by atoms with Crippen molar-refractivity contribution in [3.63, 3.8) is 0 Å². The van der Waals surface area contributed by atoms with E-state index < -0.39 is 0 Å². The minimum Gasteiger partial charge on any atom is -0.492 e. The first-order valence-corrected chi connectivity index (χ1v) is 6.91. The first kappa shape index (κ1) is 14.9. The van der Waals surface area contributed by atoms with Crippen molar-refractivity contribution in [1.29, 1.82) is 5.26 Å². The van der Waals surface area contributed by atoms with Gasteiger partial charge < -0.3 is 4.74 Å². The van der Waals surface area contributed by atoms with Crippen LogP contribution in [-0.2, 0) is 0 Å². The van der Waals surface area contributed by atoms with Crippen molar-refractivity contribution in [2.45, 2.75) is 39.5 Å². The summed E-state index contributed by atoms with van der Waals surface area (Å²) < 4.78 is 5.75. The lowest BCUT2D eigenvalue weighted by molar-refractivity contribution is 0.233. The van der Waals surface area contributed by atoms with Crippen molar-refractivity contribution in [2.75, 3.05) is 6.61 Å². The van der Waals surface area contributed by atoms with Crippen LogP contribution in [0, 0.1) is 17.2 Å². The van der Waals surface area contributed by atoms with Crippen LogP contribution < -0.4 is 4.74 Å². The SMILES string of the molecule is CCCCC(CC)COc1ccc(Cl)cc1C#N. The molecule has 0 heterocycles. The Labute approximate surface area is 115 Å². The first-order chi connectivity index (χ1) is 8.71. The summed E-state index contributed by atoms with van der Waals surface area (Å²) in [7, 11) is 0. The Morgan fingerprint density at radius 1 is 1.39 bits per heavy atom. The molecule has 1 aromatic rings. The minimum absolute atomic E-state index is 0.507. The Morgan fingerprint density at radius 2 is 2.17 bits per heavy atom. The highest BCUT2D eigenvalue weighted by atomic mass is 35.5. The molecule has 0 amide bonds. The number of nitrogens with zero attached hydrogens (tertiary/aromatic N) is 1. The molecule has 1 unspecified atom stereocenters. The van der Waals surface area contributed by atoms with Gasteiger partial charge in [0.1, 0.15) is 11.8 Å². The zero-order chi connectivity index (χ0) is 13.4. The number of benzene rings is 1. The van der Waals surface area contributed by atoms with Gasteiger partial charge in [0.25, 0.3) is 0 Å². The van der Waals surface area contributed by atoms with Gasteiger partial charge in [-0.05, 0) is 30.5 Å². The van der Waals surface area contributed by atoms with Gasteiger partial charge in [-0.25, -0.2) is 0 Å². The van der Waals surface area contributed by atoms with Gasteiger partial charge in [0, 0.05) is 5.02 Å². The Hall–Kier alpha value is -1.20. The molecule has 0 N–H and O–H groups in total. The second kappa shape index (κ2) is 8.00. The summed E-state index contributed by atoms with van der Waals surface area (Å²) in [4.78, 5) is 0. The van der Waals surface area contributed by atoms with E-state index in [2.05, 4.69) is 19.9 Å². The van der Waals surface area contributed by atoms with E-state index >= 15 is 0 Å². The van der Waals surface area contributed by atoms with E-state index in [0.717, 1.165) is 6.42 Å². The van der Waals surface area contributed by atoms with Crippen molar-refractivity contribution < 1.29 is 4.74 Å². The molecule has 98 valence electrons. The zero-order valence-electron chi connectivity index (χ0n) is 11.1. The molecule has 2 nitrogen and oxygen atoms in total. The smallest absolute Gasteiger partial charge is 0.137 e. The van der Waals surface area contributed by atoms with Gasteiger partial charge in [-0.2, -0.15) is 5.26 Å². The van der Waals surface area contributed by atoms with Crippen molar-refractivity contribution in [3.8, 4) is 11.8 Å². The third-order valence-corrected chi connectivity index (χ3v) is 3.31. The molecular formula is C15H20ClNO. The average molecular weight is 266 g/mol. The highest BCUT2D eigenvalue weighted by Gasteiger charge is 2.09. The standard InChI is InChI=1S/C15H20ClNO/c1-3-5-6-12(4-2)11-18-15-8-7-14(16)9-13(15)10-17/h7-9,12H,3-6,11H2,1-2H3. The van der Waals surface area contributed by atoms with Gasteiger partial charge in [-0.3, -0.25) is 0 Å². The highest BCUT2D eigenvalue weighted by Crippen LogP contribution is 2.23. The van der Waals surface area contributed by atoms with Crippen LogP contribution in [0.4, 0.5) is 0 Å². The van der Waals surface area contributed by atoms with E-state index in [-0.39, 0.29) is 0 Å². The Bertz CT molecular complexity index is 411. The maximum Gasteiger partial charge on any atom is 0.137 e. The van der Waals surface area contributed by atoms with Crippen LogP contribution in [0.25, 0.3) is 0 Å². The Kier molecular flexibility index (Phi) is 6.60. The molecule has 1 atom stereocenters. The van der Waals surface area contributed by atoms with Crippen LogP contribution in [-0.4, -0.2) is 6.61 Å². The lowest BCUT2D eigenvalue weighted by Gasteiger charge is -2.16. The van der Waals surface area contributed by atoms with Crippen LogP contribution in [0.5, 0.6) is 5.75 Å². The van der Waals surface area contributed by atoms with Crippen LogP contribution in [0.15, 0.2) is 18.2 Å². The predicted octanol–water partition coefficient (Wildman–Crippen LogP) is 4.81.